The number of benzene rings is 2. The molecule has 1 aliphatic heterocycles. The number of amides is 2. The molecular weight excluding hydrogens is 614 g/mol. The standard InChI is InChI=1S/C30H27F4N7O3S/c1-16-20(18-5-3-17(4-6-18)7-9-39(2)29(43)44)12-22(30(32,33)34)21-14-41(38-24(16)21)26(27(42)37-28-35-8-10-45-28)25-23-11-19(31)13-40(23)15-36-25/h3-6,8,10,12,14-15,19,26H,7,9,11,13H2,1-2H3,(H,43,44)(H,35,37,42)/t19-,26?/m1/s1. The first-order chi connectivity index (χ1) is 21.4. The van der Waals surface area contributed by atoms with Crippen LogP contribution in [-0.2, 0) is 30.4 Å². The molecule has 6 rings (SSSR count). The summed E-state index contributed by atoms with van der Waals surface area (Å²) in [6, 6.07) is 6.65. The molecule has 1 unspecified atom stereocenters. The molecule has 2 atom stereocenters. The molecule has 0 bridgehead atoms. The molecule has 2 aromatic carbocycles. The molecule has 0 spiro atoms. The maximum atomic E-state index is 14.5. The number of hydrogen-bond donors (Lipinski definition) is 2. The number of thiazole rings is 1. The van der Waals surface area contributed by atoms with Gasteiger partial charge in [-0.2, -0.15) is 18.3 Å². The quantitative estimate of drug-likeness (QED) is 0.202. The number of nitrogens with zero attached hydrogens (tertiary/aromatic N) is 6. The van der Waals surface area contributed by atoms with Crippen molar-refractivity contribution in [3.63, 3.8) is 0 Å². The second-order valence-corrected chi connectivity index (χ2v) is 11.8. The van der Waals surface area contributed by atoms with Gasteiger partial charge in [0.2, 0.25) is 0 Å². The van der Waals surface area contributed by atoms with Crippen molar-refractivity contribution in [1.82, 2.24) is 29.2 Å². The minimum absolute atomic E-state index is 0.0106. The molecule has 45 heavy (non-hydrogen) atoms. The molecule has 1 aliphatic rings. The summed E-state index contributed by atoms with van der Waals surface area (Å²) in [6.07, 6.45) is -2.41. The van der Waals surface area contributed by atoms with Gasteiger partial charge in [0.1, 0.15) is 6.17 Å². The lowest BCUT2D eigenvalue weighted by molar-refractivity contribution is -0.136. The van der Waals surface area contributed by atoms with E-state index in [1.54, 1.807) is 41.1 Å². The number of carbonyl (C=O) groups excluding carboxylic acids is 1. The number of hydrogen-bond acceptors (Lipinski definition) is 6. The normalized spacial score (nSPS) is 15.3. The number of likely N-dealkylation sites (N-methyl/N-ethyl adjacent to an activating group) is 1. The van der Waals surface area contributed by atoms with Gasteiger partial charge in [0.05, 0.1) is 29.6 Å². The fraction of sp³-hybridized carbons (Fsp3) is 0.300. The van der Waals surface area contributed by atoms with Crippen LogP contribution in [0.2, 0.25) is 0 Å². The maximum absolute atomic E-state index is 14.5. The fourth-order valence-electron chi connectivity index (χ4n) is 5.58. The topological polar surface area (TPSA) is 118 Å². The van der Waals surface area contributed by atoms with Crippen LogP contribution in [0.5, 0.6) is 0 Å². The molecule has 3 aromatic heterocycles. The average molecular weight is 642 g/mol. The van der Waals surface area contributed by atoms with Crippen LogP contribution in [0.3, 0.4) is 0 Å². The van der Waals surface area contributed by atoms with E-state index < -0.39 is 36.0 Å². The van der Waals surface area contributed by atoms with Crippen LogP contribution in [-0.4, -0.2) is 66.1 Å². The molecule has 2 N–H and O–H groups in total. The Hall–Kier alpha value is -4.79. The molecule has 0 saturated carbocycles. The number of anilines is 1. The number of rotatable bonds is 8. The first-order valence-corrected chi connectivity index (χ1v) is 14.8. The van der Waals surface area contributed by atoms with Crippen LogP contribution in [0.25, 0.3) is 22.0 Å². The smallest absolute Gasteiger partial charge is 0.417 e. The molecule has 0 saturated heterocycles. The Bertz CT molecular complexity index is 1880. The van der Waals surface area contributed by atoms with Gasteiger partial charge in [0.15, 0.2) is 11.2 Å². The highest BCUT2D eigenvalue weighted by Crippen LogP contribution is 2.41. The molecule has 5 aromatic rings. The lowest BCUT2D eigenvalue weighted by atomic mass is 9.94. The third kappa shape index (κ3) is 5.87. The Balaban J connectivity index is 1.44. The van der Waals surface area contributed by atoms with Gasteiger partial charge in [-0.05, 0) is 41.7 Å². The van der Waals surface area contributed by atoms with Crippen LogP contribution in [0.1, 0.15) is 34.1 Å². The molecule has 0 radical (unpaired) electrons. The van der Waals surface area contributed by atoms with E-state index in [9.17, 15) is 27.2 Å². The van der Waals surface area contributed by atoms with E-state index in [0.29, 0.717) is 28.8 Å². The van der Waals surface area contributed by atoms with Gasteiger partial charge in [0, 0.05) is 48.9 Å². The Labute approximate surface area is 257 Å². The molecule has 10 nitrogen and oxygen atoms in total. The molecule has 0 fully saturated rings. The number of aromatic nitrogens is 5. The summed E-state index contributed by atoms with van der Waals surface area (Å²) in [5.74, 6) is -0.628. The van der Waals surface area contributed by atoms with Crippen molar-refractivity contribution in [2.75, 3.05) is 18.9 Å². The summed E-state index contributed by atoms with van der Waals surface area (Å²) >= 11 is 1.17. The molecule has 234 valence electrons. The van der Waals surface area contributed by atoms with E-state index >= 15 is 0 Å². The first-order valence-electron chi connectivity index (χ1n) is 13.9. The van der Waals surface area contributed by atoms with E-state index in [2.05, 4.69) is 20.4 Å². The van der Waals surface area contributed by atoms with Crippen molar-refractivity contribution >= 4 is 39.4 Å². The Morgan fingerprint density at radius 1 is 1.22 bits per heavy atom. The summed E-state index contributed by atoms with van der Waals surface area (Å²) < 4.78 is 60.7. The van der Waals surface area contributed by atoms with Gasteiger partial charge in [0.25, 0.3) is 5.91 Å². The van der Waals surface area contributed by atoms with Crippen molar-refractivity contribution in [3.05, 3.63) is 82.5 Å². The number of halogens is 4. The van der Waals surface area contributed by atoms with Gasteiger partial charge in [-0.15, -0.1) is 11.3 Å². The highest BCUT2D eigenvalue weighted by atomic mass is 32.1. The molecule has 0 aliphatic carbocycles. The van der Waals surface area contributed by atoms with Crippen molar-refractivity contribution in [2.24, 2.45) is 0 Å². The average Bonchev–Trinajstić information content (AvgIpc) is 3.78. The molecule has 2 amide bonds. The van der Waals surface area contributed by atoms with Crippen LogP contribution in [0.15, 0.2) is 54.4 Å². The van der Waals surface area contributed by atoms with Gasteiger partial charge in [-0.3, -0.25) is 14.8 Å². The van der Waals surface area contributed by atoms with Gasteiger partial charge >= 0.3 is 12.3 Å². The third-order valence-electron chi connectivity index (χ3n) is 7.93. The molecular formula is C30H27F4N7O3S. The summed E-state index contributed by atoms with van der Waals surface area (Å²) in [5, 5.41) is 18.1. The molecule has 15 heteroatoms. The van der Waals surface area contributed by atoms with E-state index in [0.717, 1.165) is 21.2 Å². The van der Waals surface area contributed by atoms with Crippen molar-refractivity contribution in [3.8, 4) is 11.1 Å². The zero-order chi connectivity index (χ0) is 32.0. The zero-order valence-corrected chi connectivity index (χ0v) is 24.9. The Morgan fingerprint density at radius 2 is 1.98 bits per heavy atom. The van der Waals surface area contributed by atoms with Gasteiger partial charge < -0.3 is 14.6 Å². The predicted molar refractivity (Wildman–Crippen MR) is 159 cm³/mol. The monoisotopic (exact) mass is 641 g/mol. The number of carbonyl (C=O) groups is 2. The lowest BCUT2D eigenvalue weighted by Gasteiger charge is -2.16. The minimum atomic E-state index is -4.74. The lowest BCUT2D eigenvalue weighted by Crippen LogP contribution is -2.28. The largest absolute Gasteiger partial charge is 0.465 e. The van der Waals surface area contributed by atoms with Crippen LogP contribution < -0.4 is 5.32 Å². The van der Waals surface area contributed by atoms with Crippen molar-refractivity contribution in [1.29, 1.82) is 0 Å². The van der Waals surface area contributed by atoms with Crippen LogP contribution in [0.4, 0.5) is 27.5 Å². The number of alkyl halides is 4. The second kappa shape index (κ2) is 11.6. The Kier molecular flexibility index (Phi) is 7.81. The number of imidazole rings is 1. The highest BCUT2D eigenvalue weighted by Gasteiger charge is 2.38. The van der Waals surface area contributed by atoms with E-state index in [1.807, 2.05) is 0 Å². The van der Waals surface area contributed by atoms with Crippen LogP contribution in [0, 0.1) is 6.92 Å². The summed E-state index contributed by atoms with van der Waals surface area (Å²) in [4.78, 5) is 34.4. The second-order valence-electron chi connectivity index (χ2n) is 10.9. The summed E-state index contributed by atoms with van der Waals surface area (Å²) in [7, 11) is 1.46. The Morgan fingerprint density at radius 3 is 2.64 bits per heavy atom. The number of carboxylic acid groups (broad SMARTS) is 1. The van der Waals surface area contributed by atoms with Crippen molar-refractivity contribution < 1.29 is 32.3 Å². The van der Waals surface area contributed by atoms with Crippen LogP contribution >= 0.6 is 11.3 Å². The molecule has 4 heterocycles. The number of aryl methyl sites for hydroxylation is 1. The third-order valence-corrected chi connectivity index (χ3v) is 8.61. The van der Waals surface area contributed by atoms with E-state index in [-0.39, 0.29) is 41.2 Å². The maximum Gasteiger partial charge on any atom is 0.417 e. The summed E-state index contributed by atoms with van der Waals surface area (Å²) in [6.45, 7) is 2.00. The van der Waals surface area contributed by atoms with E-state index in [4.69, 9.17) is 5.11 Å². The SMILES string of the molecule is Cc1c(-c2ccc(CCN(C)C(=O)O)cc2)cc(C(F)(F)F)c2cn(C(C(=O)Nc3nccs3)c3ncn4c3C[C@@H](F)C4)nc12. The van der Waals surface area contributed by atoms with Gasteiger partial charge in [-0.1, -0.05) is 24.3 Å². The summed E-state index contributed by atoms with van der Waals surface area (Å²) in [5.41, 5.74) is 1.92. The zero-order valence-electron chi connectivity index (χ0n) is 24.0. The fourth-order valence-corrected chi connectivity index (χ4v) is 6.11. The first kappa shape index (κ1) is 30.2. The minimum Gasteiger partial charge on any atom is -0.465 e. The highest BCUT2D eigenvalue weighted by molar-refractivity contribution is 7.13. The van der Waals surface area contributed by atoms with E-state index in [1.165, 1.54) is 37.1 Å². The van der Waals surface area contributed by atoms with Crippen molar-refractivity contribution in [2.45, 2.75) is 44.7 Å². The number of fused-ring (bicyclic) bond motifs is 2. The van der Waals surface area contributed by atoms with Gasteiger partial charge in [-0.25, -0.2) is 19.2 Å². The predicted octanol–water partition coefficient (Wildman–Crippen LogP) is 5.96. The number of nitrogens with one attached hydrogen (secondary N) is 1.